The van der Waals surface area contributed by atoms with Crippen molar-refractivity contribution in [3.8, 4) is 17.2 Å². The minimum Gasteiger partial charge on any atom is -0.508 e. The highest BCUT2D eigenvalue weighted by molar-refractivity contribution is 5.97. The summed E-state index contributed by atoms with van der Waals surface area (Å²) in [5.41, 5.74) is 0.273. The normalized spacial score (nSPS) is 35.3. The van der Waals surface area contributed by atoms with Crippen LogP contribution in [0.1, 0.15) is 48.8 Å². The number of phenols is 2. The van der Waals surface area contributed by atoms with E-state index in [1.54, 1.807) is 13.1 Å². The Morgan fingerprint density at radius 2 is 2.00 bits per heavy atom. The molecular weight excluding hydrogens is 499 g/mol. The third-order valence-electron chi connectivity index (χ3n) is 10.9. The molecule has 2 heterocycles. The molecule has 0 radical (unpaired) electrons. The van der Waals surface area contributed by atoms with Gasteiger partial charge in [-0.15, -0.1) is 0 Å². The third kappa shape index (κ3) is 2.86. The number of aliphatic hydroxyl groups is 1. The molecule has 7 aliphatic rings. The smallest absolute Gasteiger partial charge is 0.252 e. The van der Waals surface area contributed by atoms with Crippen LogP contribution in [-0.4, -0.2) is 68.9 Å². The van der Waals surface area contributed by atoms with Gasteiger partial charge in [0.05, 0.1) is 5.41 Å². The highest BCUT2D eigenvalue weighted by Gasteiger charge is 2.78. The van der Waals surface area contributed by atoms with Gasteiger partial charge in [-0.2, -0.15) is 0 Å². The minimum atomic E-state index is -1.53. The van der Waals surface area contributed by atoms with Crippen molar-refractivity contribution < 1.29 is 29.2 Å². The zero-order chi connectivity index (χ0) is 26.9. The number of rotatable bonds is 5. The van der Waals surface area contributed by atoms with E-state index < -0.39 is 28.4 Å². The minimum absolute atomic E-state index is 0.0431. The monoisotopic (exact) mass is 532 g/mol. The van der Waals surface area contributed by atoms with Crippen LogP contribution < -0.4 is 4.74 Å². The predicted octanol–water partition coefficient (Wildman–Crippen LogP) is 3.39. The largest absolute Gasteiger partial charge is 0.508 e. The number of hydrogen-bond acceptors (Lipinski definition) is 6. The van der Waals surface area contributed by atoms with Crippen LogP contribution in [-0.2, 0) is 23.2 Å². The predicted molar refractivity (Wildman–Crippen MR) is 140 cm³/mol. The number of nitrogens with zero attached hydrogens (tertiary/aromatic N) is 2. The molecule has 0 unspecified atom stereocenters. The molecule has 7 nitrogen and oxygen atoms in total. The molecule has 2 aromatic carbocycles. The molecule has 2 saturated carbocycles. The Kier molecular flexibility index (Phi) is 4.60. The molecule has 3 N–H and O–H groups in total. The quantitative estimate of drug-likeness (QED) is 0.547. The Balaban J connectivity index is 1.26. The SMILES string of the molecule is CN(Cc1cc(O)ccc1F)C(=O)C1=C[C@@]23CC[C@]1(O)[C@@H]1Oc4c(O)ccc5c4[C@@]12CCN(CC1CC1)[C@@H]3C5. The average Bonchev–Trinajstić information content (AvgIpc) is 3.65. The lowest BCUT2D eigenvalue weighted by molar-refractivity contribution is -0.188. The van der Waals surface area contributed by atoms with Crippen LogP contribution in [0.5, 0.6) is 17.2 Å². The number of halogens is 1. The second-order valence-electron chi connectivity index (χ2n) is 12.8. The van der Waals surface area contributed by atoms with Crippen LogP contribution in [0.3, 0.4) is 0 Å². The van der Waals surface area contributed by atoms with Gasteiger partial charge in [0.2, 0.25) is 0 Å². The number of hydrogen-bond donors (Lipinski definition) is 3. The fourth-order valence-electron chi connectivity index (χ4n) is 9.02. The van der Waals surface area contributed by atoms with Crippen LogP contribution in [0.4, 0.5) is 4.39 Å². The number of phenolic OH excluding ortho intramolecular Hbond substituents is 2. The summed E-state index contributed by atoms with van der Waals surface area (Å²) in [4.78, 5) is 18.1. The molecule has 2 aromatic rings. The Bertz CT molecular complexity index is 1470. The molecule has 1 saturated heterocycles. The van der Waals surface area contributed by atoms with Gasteiger partial charge in [-0.05, 0) is 80.8 Å². The standard InChI is InChI=1S/C31H33FN2O5/c1-33(16-19-12-20(35)5-6-22(19)32)27(37)21-14-29-8-9-31(21,38)28-30(29)10-11-34(15-17-2-3-17)24(29)13-18-4-7-23(36)26(39-28)25(18)30/h4-7,12,14,17,24,28,35-36,38H,2-3,8-11,13,15-16H2,1H3/t24-,28-,29-,30+,31-/m1/s1. The van der Waals surface area contributed by atoms with Crippen molar-refractivity contribution in [2.24, 2.45) is 11.3 Å². The van der Waals surface area contributed by atoms with Gasteiger partial charge in [-0.3, -0.25) is 9.69 Å². The summed E-state index contributed by atoms with van der Waals surface area (Å²) in [6.07, 6.45) is 6.66. The first kappa shape index (κ1) is 23.8. The van der Waals surface area contributed by atoms with Gasteiger partial charge in [-0.1, -0.05) is 12.1 Å². The Hall–Kier alpha value is -3.10. The van der Waals surface area contributed by atoms with Crippen LogP contribution in [0.15, 0.2) is 42.0 Å². The maximum Gasteiger partial charge on any atom is 0.252 e. The van der Waals surface area contributed by atoms with E-state index in [0.717, 1.165) is 43.8 Å². The maximum absolute atomic E-state index is 14.5. The summed E-state index contributed by atoms with van der Waals surface area (Å²) < 4.78 is 21.1. The number of aromatic hydroxyl groups is 2. The highest BCUT2D eigenvalue weighted by atomic mass is 19.1. The van der Waals surface area contributed by atoms with Gasteiger partial charge in [0.1, 0.15) is 23.3 Å². The molecule has 5 atom stereocenters. The van der Waals surface area contributed by atoms with Gasteiger partial charge in [0, 0.05) is 48.3 Å². The van der Waals surface area contributed by atoms with Crippen molar-refractivity contribution in [1.29, 1.82) is 0 Å². The zero-order valence-corrected chi connectivity index (χ0v) is 22.0. The first-order chi connectivity index (χ1) is 18.7. The molecule has 3 fully saturated rings. The van der Waals surface area contributed by atoms with E-state index >= 15 is 0 Å². The number of piperidine rings is 1. The molecule has 2 aliphatic heterocycles. The van der Waals surface area contributed by atoms with Crippen LogP contribution in [0.25, 0.3) is 0 Å². The van der Waals surface area contributed by atoms with Gasteiger partial charge >= 0.3 is 0 Å². The van der Waals surface area contributed by atoms with E-state index in [2.05, 4.69) is 11.0 Å². The summed E-state index contributed by atoms with van der Waals surface area (Å²) >= 11 is 0. The van der Waals surface area contributed by atoms with E-state index in [1.807, 2.05) is 6.07 Å². The molecular formula is C31H33FN2O5. The number of ether oxygens (including phenoxy) is 1. The zero-order valence-electron chi connectivity index (χ0n) is 22.0. The summed E-state index contributed by atoms with van der Waals surface area (Å²) in [6, 6.07) is 7.67. The van der Waals surface area contributed by atoms with Crippen molar-refractivity contribution in [3.63, 3.8) is 0 Å². The third-order valence-corrected chi connectivity index (χ3v) is 10.9. The van der Waals surface area contributed by atoms with Gasteiger partial charge in [0.25, 0.3) is 5.91 Å². The van der Waals surface area contributed by atoms with E-state index in [-0.39, 0.29) is 35.6 Å². The molecule has 4 bridgehead atoms. The fraction of sp³-hybridized carbons (Fsp3) is 0.516. The molecule has 5 aliphatic carbocycles. The molecule has 1 amide bonds. The van der Waals surface area contributed by atoms with Crippen molar-refractivity contribution in [2.75, 3.05) is 20.1 Å². The number of benzene rings is 2. The second kappa shape index (κ2) is 7.55. The first-order valence-electron chi connectivity index (χ1n) is 14.1. The Morgan fingerprint density at radius 1 is 1.18 bits per heavy atom. The summed E-state index contributed by atoms with van der Waals surface area (Å²) in [5.74, 6) is 0.336. The first-order valence-corrected chi connectivity index (χ1v) is 14.1. The molecule has 2 spiro atoms. The fourth-order valence-corrected chi connectivity index (χ4v) is 9.02. The highest BCUT2D eigenvalue weighted by Crippen LogP contribution is 2.74. The van der Waals surface area contributed by atoms with Crippen molar-refractivity contribution in [2.45, 2.75) is 68.2 Å². The number of likely N-dealkylation sites (N-methyl/N-ethyl adjacent to an activating group) is 1. The van der Waals surface area contributed by atoms with Crippen LogP contribution >= 0.6 is 0 Å². The number of carbonyl (C=O) groups is 1. The summed E-state index contributed by atoms with van der Waals surface area (Å²) in [6.45, 7) is 1.91. The molecule has 204 valence electrons. The van der Waals surface area contributed by atoms with Crippen LogP contribution in [0, 0.1) is 17.2 Å². The summed E-state index contributed by atoms with van der Waals surface area (Å²) in [5, 5.41) is 33.1. The van der Waals surface area contributed by atoms with E-state index in [9.17, 15) is 24.5 Å². The van der Waals surface area contributed by atoms with E-state index in [4.69, 9.17) is 4.74 Å². The van der Waals surface area contributed by atoms with Gasteiger partial charge < -0.3 is 25.0 Å². The van der Waals surface area contributed by atoms with Crippen molar-refractivity contribution >= 4 is 5.91 Å². The number of amides is 1. The molecule has 8 heteroatoms. The van der Waals surface area contributed by atoms with E-state index in [1.165, 1.54) is 41.5 Å². The number of carbonyl (C=O) groups excluding carboxylic acids is 1. The maximum atomic E-state index is 14.5. The Morgan fingerprint density at radius 3 is 2.79 bits per heavy atom. The molecule has 9 rings (SSSR count). The number of fused-ring (bicyclic) bond motifs is 1. The lowest BCUT2D eigenvalue weighted by atomic mass is 9.38. The van der Waals surface area contributed by atoms with Crippen molar-refractivity contribution in [3.05, 3.63) is 64.5 Å². The average molecular weight is 533 g/mol. The lowest BCUT2D eigenvalue weighted by Crippen LogP contribution is -2.78. The Labute approximate surface area is 226 Å². The van der Waals surface area contributed by atoms with Crippen LogP contribution in [0.2, 0.25) is 0 Å². The number of likely N-dealkylation sites (tertiary alicyclic amines) is 1. The lowest BCUT2D eigenvalue weighted by Gasteiger charge is -2.70. The van der Waals surface area contributed by atoms with Gasteiger partial charge in [0.15, 0.2) is 11.5 Å². The van der Waals surface area contributed by atoms with E-state index in [0.29, 0.717) is 17.7 Å². The molecule has 0 aromatic heterocycles. The second-order valence-corrected chi connectivity index (χ2v) is 12.8. The van der Waals surface area contributed by atoms with Gasteiger partial charge in [-0.25, -0.2) is 4.39 Å². The summed E-state index contributed by atoms with van der Waals surface area (Å²) in [7, 11) is 1.60. The molecule has 39 heavy (non-hydrogen) atoms. The van der Waals surface area contributed by atoms with Crippen molar-refractivity contribution in [1.82, 2.24) is 9.80 Å². The topological polar surface area (TPSA) is 93.5 Å².